The van der Waals surface area contributed by atoms with E-state index in [-0.39, 0.29) is 6.42 Å². The van der Waals surface area contributed by atoms with Gasteiger partial charge in [0.25, 0.3) is 0 Å². The summed E-state index contributed by atoms with van der Waals surface area (Å²) in [6.45, 7) is 0.539. The highest BCUT2D eigenvalue weighted by atomic mass is 79.9. The van der Waals surface area contributed by atoms with Crippen LogP contribution >= 0.6 is 47.8 Å². The van der Waals surface area contributed by atoms with Crippen molar-refractivity contribution in [2.24, 2.45) is 0 Å². The van der Waals surface area contributed by atoms with Crippen LogP contribution in [0.5, 0.6) is 0 Å². The number of carboxylic acid groups (broad SMARTS) is 1. The first kappa shape index (κ1) is 20.2. The first-order chi connectivity index (χ1) is 12.9. The molecule has 0 atom stereocenters. The third-order valence-corrected chi connectivity index (χ3v) is 6.82. The summed E-state index contributed by atoms with van der Waals surface area (Å²) < 4.78 is 9.73. The molecule has 0 fully saturated rings. The van der Waals surface area contributed by atoms with Gasteiger partial charge in [0, 0.05) is 26.3 Å². The van der Waals surface area contributed by atoms with Crippen LogP contribution in [0, 0.1) is 0 Å². The van der Waals surface area contributed by atoms with E-state index in [0.717, 1.165) is 19.0 Å². The van der Waals surface area contributed by atoms with E-state index in [4.69, 9.17) is 9.63 Å². The molecule has 0 spiro atoms. The van der Waals surface area contributed by atoms with Crippen molar-refractivity contribution in [2.45, 2.75) is 32.2 Å². The third-order valence-electron chi connectivity index (χ3n) is 3.66. The summed E-state index contributed by atoms with van der Waals surface area (Å²) in [5, 5.41) is 20.8. The van der Waals surface area contributed by atoms with Crippen molar-refractivity contribution in [3.8, 4) is 11.5 Å². The molecule has 0 aliphatic rings. The van der Waals surface area contributed by atoms with E-state index in [1.807, 2.05) is 12.1 Å². The Labute approximate surface area is 179 Å². The Morgan fingerprint density at radius 1 is 1.19 bits per heavy atom. The van der Waals surface area contributed by atoms with Gasteiger partial charge in [0.15, 0.2) is 5.69 Å². The van der Waals surface area contributed by atoms with Gasteiger partial charge >= 0.3 is 5.97 Å². The standard InChI is InChI=1S/C16H14Br3N5O3/c17-10-5-9(6-11(18)15(10)19)7-24-8-12(21-23-24)16-20-13(27-22-16)3-1-2-4-14(25)26/h5-6,8H,1-4,7H2,(H,25,26). The number of aromatic nitrogens is 5. The summed E-state index contributed by atoms with van der Waals surface area (Å²) in [5.41, 5.74) is 1.56. The number of nitrogens with zero attached hydrogens (tertiary/aromatic N) is 5. The molecule has 11 heteroatoms. The molecule has 0 saturated heterocycles. The Kier molecular flexibility index (Phi) is 6.77. The third kappa shape index (κ3) is 5.45. The van der Waals surface area contributed by atoms with Gasteiger partial charge in [-0.05, 0) is 78.3 Å². The van der Waals surface area contributed by atoms with Crippen LogP contribution in [-0.4, -0.2) is 36.2 Å². The van der Waals surface area contributed by atoms with Crippen LogP contribution in [-0.2, 0) is 17.8 Å². The van der Waals surface area contributed by atoms with Crippen molar-refractivity contribution in [1.82, 2.24) is 25.1 Å². The predicted molar refractivity (Wildman–Crippen MR) is 107 cm³/mol. The average Bonchev–Trinajstić information content (AvgIpc) is 3.25. The van der Waals surface area contributed by atoms with Crippen molar-refractivity contribution in [1.29, 1.82) is 0 Å². The van der Waals surface area contributed by atoms with Crippen molar-refractivity contribution in [3.05, 3.63) is 43.2 Å². The molecular weight excluding hydrogens is 550 g/mol. The summed E-state index contributed by atoms with van der Waals surface area (Å²) in [7, 11) is 0. The van der Waals surface area contributed by atoms with Crippen LogP contribution < -0.4 is 0 Å². The second kappa shape index (κ2) is 9.07. The van der Waals surface area contributed by atoms with Gasteiger partial charge in [0.05, 0.1) is 12.7 Å². The van der Waals surface area contributed by atoms with E-state index in [1.54, 1.807) is 10.9 Å². The molecule has 0 aliphatic carbocycles. The van der Waals surface area contributed by atoms with Crippen molar-refractivity contribution >= 4 is 53.8 Å². The number of rotatable bonds is 8. The zero-order valence-corrected chi connectivity index (χ0v) is 18.7. The summed E-state index contributed by atoms with van der Waals surface area (Å²) >= 11 is 10.5. The number of carboxylic acids is 1. The molecule has 2 heterocycles. The molecule has 0 amide bonds. The number of halogens is 3. The number of carbonyl (C=O) groups is 1. The van der Waals surface area contributed by atoms with Gasteiger partial charge in [-0.2, -0.15) is 4.98 Å². The van der Waals surface area contributed by atoms with Gasteiger partial charge in [-0.1, -0.05) is 10.4 Å². The zero-order valence-electron chi connectivity index (χ0n) is 13.9. The van der Waals surface area contributed by atoms with Gasteiger partial charge in [-0.15, -0.1) is 5.10 Å². The van der Waals surface area contributed by atoms with E-state index >= 15 is 0 Å². The minimum Gasteiger partial charge on any atom is -0.481 e. The number of unbranched alkanes of at least 4 members (excludes halogenated alkanes) is 1. The fraction of sp³-hybridized carbons (Fsp3) is 0.312. The SMILES string of the molecule is O=C(O)CCCCc1nc(-c2cn(Cc3cc(Br)c(Br)c(Br)c3)nn2)no1. The minimum atomic E-state index is -0.803. The van der Waals surface area contributed by atoms with Crippen molar-refractivity contribution in [2.75, 3.05) is 0 Å². The lowest BCUT2D eigenvalue weighted by molar-refractivity contribution is -0.137. The molecule has 0 aliphatic heterocycles. The molecule has 27 heavy (non-hydrogen) atoms. The first-order valence-electron chi connectivity index (χ1n) is 8.00. The van der Waals surface area contributed by atoms with Crippen molar-refractivity contribution in [3.63, 3.8) is 0 Å². The Morgan fingerprint density at radius 2 is 1.93 bits per heavy atom. The lowest BCUT2D eigenvalue weighted by Crippen LogP contribution is -2.00. The van der Waals surface area contributed by atoms with Crippen LogP contribution in [0.2, 0.25) is 0 Å². The van der Waals surface area contributed by atoms with E-state index in [1.165, 1.54) is 0 Å². The summed E-state index contributed by atoms with van der Waals surface area (Å²) in [5.74, 6) is 0.0287. The van der Waals surface area contributed by atoms with Gasteiger partial charge < -0.3 is 9.63 Å². The van der Waals surface area contributed by atoms with Crippen LogP contribution in [0.1, 0.15) is 30.7 Å². The molecule has 3 rings (SSSR count). The molecule has 2 aromatic heterocycles. The van der Waals surface area contributed by atoms with Gasteiger partial charge in [-0.25, -0.2) is 4.68 Å². The Morgan fingerprint density at radius 3 is 2.63 bits per heavy atom. The molecule has 1 aromatic carbocycles. The quantitative estimate of drug-likeness (QED) is 0.318. The summed E-state index contributed by atoms with van der Waals surface area (Å²) in [4.78, 5) is 14.8. The molecule has 3 aromatic rings. The monoisotopic (exact) mass is 561 g/mol. The molecule has 8 nitrogen and oxygen atoms in total. The lowest BCUT2D eigenvalue weighted by Gasteiger charge is -2.05. The minimum absolute atomic E-state index is 0.137. The number of benzene rings is 1. The van der Waals surface area contributed by atoms with Crippen molar-refractivity contribution < 1.29 is 14.4 Å². The highest BCUT2D eigenvalue weighted by Gasteiger charge is 2.13. The van der Waals surface area contributed by atoms with Gasteiger partial charge in [0.1, 0.15) is 0 Å². The molecule has 0 bridgehead atoms. The van der Waals surface area contributed by atoms with Crippen LogP contribution in [0.25, 0.3) is 11.5 Å². The van der Waals surface area contributed by atoms with Crippen LogP contribution in [0.15, 0.2) is 36.3 Å². The first-order valence-corrected chi connectivity index (χ1v) is 10.4. The fourth-order valence-electron chi connectivity index (χ4n) is 2.38. The molecule has 0 unspecified atom stereocenters. The molecular formula is C16H14Br3N5O3. The molecule has 0 saturated carbocycles. The van der Waals surface area contributed by atoms with Gasteiger partial charge in [-0.3, -0.25) is 4.79 Å². The average molecular weight is 564 g/mol. The lowest BCUT2D eigenvalue weighted by atomic mass is 10.2. The maximum absolute atomic E-state index is 10.5. The number of hydrogen-bond acceptors (Lipinski definition) is 6. The summed E-state index contributed by atoms with van der Waals surface area (Å²) in [6.07, 6.45) is 3.67. The highest BCUT2D eigenvalue weighted by Crippen LogP contribution is 2.32. The summed E-state index contributed by atoms with van der Waals surface area (Å²) in [6, 6.07) is 4.00. The predicted octanol–water partition coefficient (Wildman–Crippen LogP) is 4.46. The molecule has 0 radical (unpaired) electrons. The number of aliphatic carboxylic acids is 1. The zero-order chi connectivity index (χ0) is 19.4. The maximum atomic E-state index is 10.5. The topological polar surface area (TPSA) is 107 Å². The number of hydrogen-bond donors (Lipinski definition) is 1. The second-order valence-electron chi connectivity index (χ2n) is 5.79. The molecule has 1 N–H and O–H groups in total. The smallest absolute Gasteiger partial charge is 0.303 e. The van der Waals surface area contributed by atoms with E-state index < -0.39 is 5.97 Å². The van der Waals surface area contributed by atoms with E-state index in [9.17, 15) is 4.79 Å². The Bertz CT molecular complexity index is 933. The van der Waals surface area contributed by atoms with Gasteiger partial charge in [0.2, 0.25) is 11.7 Å². The van der Waals surface area contributed by atoms with E-state index in [0.29, 0.717) is 43.2 Å². The normalized spacial score (nSPS) is 11.1. The van der Waals surface area contributed by atoms with Crippen LogP contribution in [0.3, 0.4) is 0 Å². The maximum Gasteiger partial charge on any atom is 0.303 e. The molecule has 142 valence electrons. The second-order valence-corrected chi connectivity index (χ2v) is 8.29. The van der Waals surface area contributed by atoms with E-state index in [2.05, 4.69) is 68.2 Å². The Hall–Kier alpha value is -1.59. The van der Waals surface area contributed by atoms with Crippen LogP contribution in [0.4, 0.5) is 0 Å². The highest BCUT2D eigenvalue weighted by molar-refractivity contribution is 9.14. The fourth-order valence-corrected chi connectivity index (χ4v) is 3.89. The largest absolute Gasteiger partial charge is 0.481 e. The number of aryl methyl sites for hydroxylation is 1. The Balaban J connectivity index is 1.63.